The summed E-state index contributed by atoms with van der Waals surface area (Å²) in [6.45, 7) is 0. The molecule has 0 atom stereocenters. The van der Waals surface area contributed by atoms with E-state index in [0.717, 1.165) is 31.4 Å². The van der Waals surface area contributed by atoms with Crippen LogP contribution in [0.1, 0.15) is 15.9 Å². The van der Waals surface area contributed by atoms with Gasteiger partial charge < -0.3 is 9.47 Å². The Balaban J connectivity index is 2.66. The molecule has 2 aromatic carbocycles. The van der Waals surface area contributed by atoms with Gasteiger partial charge in [-0.3, -0.25) is 0 Å². The first kappa shape index (κ1) is 18.6. The summed E-state index contributed by atoms with van der Waals surface area (Å²) in [5.41, 5.74) is -2.63. The van der Waals surface area contributed by atoms with E-state index in [-0.39, 0.29) is 5.56 Å². The second kappa shape index (κ2) is 6.66. The van der Waals surface area contributed by atoms with Crippen molar-refractivity contribution in [3.63, 3.8) is 0 Å². The second-order valence-electron chi connectivity index (χ2n) is 4.79. The van der Waals surface area contributed by atoms with Crippen molar-refractivity contribution >= 4 is 5.97 Å². The van der Waals surface area contributed by atoms with Crippen LogP contribution in [0.15, 0.2) is 42.5 Å². The summed E-state index contributed by atoms with van der Waals surface area (Å²) < 4.78 is 85.6. The normalized spacial score (nSPS) is 12.0. The maximum atomic E-state index is 13.3. The van der Waals surface area contributed by atoms with Crippen molar-refractivity contribution in [3.8, 4) is 16.9 Å². The molecule has 0 unspecified atom stereocenters. The first-order valence-corrected chi connectivity index (χ1v) is 6.67. The minimum absolute atomic E-state index is 0.382. The predicted molar refractivity (Wildman–Crippen MR) is 74.9 cm³/mol. The summed E-state index contributed by atoms with van der Waals surface area (Å²) in [6.07, 6.45) is -9.98. The SMILES string of the molecule is COC(=O)c1ccc(-c2ccccc2OC(F)(F)F)c(C(F)(F)F)c1. The van der Waals surface area contributed by atoms with Crippen molar-refractivity contribution in [3.05, 3.63) is 53.6 Å². The fourth-order valence-corrected chi connectivity index (χ4v) is 2.16. The topological polar surface area (TPSA) is 35.5 Å². The van der Waals surface area contributed by atoms with Crippen molar-refractivity contribution in [2.24, 2.45) is 0 Å². The predicted octanol–water partition coefficient (Wildman–Crippen LogP) is 5.06. The number of alkyl halides is 6. The van der Waals surface area contributed by atoms with Gasteiger partial charge in [0.25, 0.3) is 0 Å². The second-order valence-corrected chi connectivity index (χ2v) is 4.79. The number of ether oxygens (including phenoxy) is 2. The molecule has 0 heterocycles. The molecule has 0 N–H and O–H groups in total. The van der Waals surface area contributed by atoms with Crippen molar-refractivity contribution in [2.75, 3.05) is 7.11 Å². The molecular formula is C16H10F6O3. The lowest BCUT2D eigenvalue weighted by atomic mass is 9.96. The van der Waals surface area contributed by atoms with E-state index in [1.165, 1.54) is 12.1 Å². The third-order valence-electron chi connectivity index (χ3n) is 3.15. The van der Waals surface area contributed by atoms with Crippen LogP contribution < -0.4 is 4.74 Å². The molecule has 134 valence electrons. The third-order valence-corrected chi connectivity index (χ3v) is 3.15. The average Bonchev–Trinajstić information content (AvgIpc) is 2.52. The van der Waals surface area contributed by atoms with Crippen molar-refractivity contribution in [2.45, 2.75) is 12.5 Å². The Morgan fingerprint density at radius 2 is 1.56 bits per heavy atom. The lowest BCUT2D eigenvalue weighted by Gasteiger charge is -2.17. The number of esters is 1. The van der Waals surface area contributed by atoms with Crippen LogP contribution in [-0.2, 0) is 10.9 Å². The fraction of sp³-hybridized carbons (Fsp3) is 0.188. The molecule has 0 saturated heterocycles. The van der Waals surface area contributed by atoms with Gasteiger partial charge in [-0.1, -0.05) is 24.3 Å². The van der Waals surface area contributed by atoms with E-state index in [1.807, 2.05) is 0 Å². The Bertz CT molecular complexity index is 780. The summed E-state index contributed by atoms with van der Waals surface area (Å²) in [4.78, 5) is 11.4. The first-order valence-electron chi connectivity index (χ1n) is 6.67. The zero-order chi connectivity index (χ0) is 18.8. The lowest BCUT2D eigenvalue weighted by Crippen LogP contribution is -2.18. The van der Waals surface area contributed by atoms with Crippen molar-refractivity contribution < 1.29 is 40.6 Å². The average molecular weight is 364 g/mol. The fourth-order valence-electron chi connectivity index (χ4n) is 2.16. The molecule has 9 heteroatoms. The maximum Gasteiger partial charge on any atom is 0.573 e. The molecule has 0 fully saturated rings. The van der Waals surface area contributed by atoms with Gasteiger partial charge in [-0.25, -0.2) is 4.79 Å². The van der Waals surface area contributed by atoms with E-state index in [9.17, 15) is 31.1 Å². The van der Waals surface area contributed by atoms with Crippen LogP contribution in [0.25, 0.3) is 11.1 Å². The Morgan fingerprint density at radius 3 is 2.12 bits per heavy atom. The van der Waals surface area contributed by atoms with E-state index >= 15 is 0 Å². The molecule has 25 heavy (non-hydrogen) atoms. The quantitative estimate of drug-likeness (QED) is 0.564. The van der Waals surface area contributed by atoms with Crippen LogP contribution in [0.2, 0.25) is 0 Å². The van der Waals surface area contributed by atoms with E-state index in [0.29, 0.717) is 6.07 Å². The molecule has 3 nitrogen and oxygen atoms in total. The van der Waals surface area contributed by atoms with Gasteiger partial charge in [0.2, 0.25) is 0 Å². The lowest BCUT2D eigenvalue weighted by molar-refractivity contribution is -0.274. The van der Waals surface area contributed by atoms with Crippen LogP contribution in [0, 0.1) is 0 Å². The number of hydrogen-bond donors (Lipinski definition) is 0. The Kier molecular flexibility index (Phi) is 4.96. The molecule has 0 radical (unpaired) electrons. The molecule has 0 amide bonds. The van der Waals surface area contributed by atoms with Crippen molar-refractivity contribution in [1.29, 1.82) is 0 Å². The molecular weight excluding hydrogens is 354 g/mol. The van der Waals surface area contributed by atoms with E-state index in [4.69, 9.17) is 0 Å². The summed E-state index contributed by atoms with van der Waals surface area (Å²) in [5.74, 6) is -1.79. The number of para-hydroxylation sites is 1. The summed E-state index contributed by atoms with van der Waals surface area (Å²) in [6, 6.07) is 6.87. The molecule has 0 aliphatic heterocycles. The summed E-state index contributed by atoms with van der Waals surface area (Å²) >= 11 is 0. The highest BCUT2D eigenvalue weighted by molar-refractivity contribution is 5.91. The standard InChI is InChI=1S/C16H10F6O3/c1-24-14(23)9-6-7-10(12(8-9)15(17,18)19)11-4-2-3-5-13(11)25-16(20,21)22/h2-8H,1H3. The largest absolute Gasteiger partial charge is 0.573 e. The highest BCUT2D eigenvalue weighted by Crippen LogP contribution is 2.42. The van der Waals surface area contributed by atoms with Gasteiger partial charge >= 0.3 is 18.5 Å². The zero-order valence-electron chi connectivity index (χ0n) is 12.5. The maximum absolute atomic E-state index is 13.3. The molecule has 0 aliphatic carbocycles. The van der Waals surface area contributed by atoms with Crippen LogP contribution in [0.4, 0.5) is 26.3 Å². The van der Waals surface area contributed by atoms with Gasteiger partial charge in [0.05, 0.1) is 18.2 Å². The van der Waals surface area contributed by atoms with E-state index < -0.39 is 40.9 Å². The van der Waals surface area contributed by atoms with Gasteiger partial charge in [0.15, 0.2) is 0 Å². The molecule has 2 aromatic rings. The number of carbonyl (C=O) groups excluding carboxylic acids is 1. The minimum atomic E-state index is -5.07. The van der Waals surface area contributed by atoms with Crippen LogP contribution >= 0.6 is 0 Å². The van der Waals surface area contributed by atoms with Gasteiger partial charge in [-0.05, 0) is 23.8 Å². The molecule has 0 bridgehead atoms. The monoisotopic (exact) mass is 364 g/mol. The molecule has 0 saturated carbocycles. The Labute approximate surface area is 137 Å². The van der Waals surface area contributed by atoms with Gasteiger partial charge in [0, 0.05) is 5.56 Å². The Hall–Kier alpha value is -2.71. The van der Waals surface area contributed by atoms with Crippen molar-refractivity contribution in [1.82, 2.24) is 0 Å². The van der Waals surface area contributed by atoms with E-state index in [2.05, 4.69) is 9.47 Å². The van der Waals surface area contributed by atoms with Gasteiger partial charge in [-0.2, -0.15) is 13.2 Å². The molecule has 2 rings (SSSR count). The third kappa shape index (κ3) is 4.43. The highest BCUT2D eigenvalue weighted by atomic mass is 19.4. The van der Waals surface area contributed by atoms with Crippen LogP contribution in [0.3, 0.4) is 0 Å². The number of methoxy groups -OCH3 is 1. The minimum Gasteiger partial charge on any atom is -0.465 e. The highest BCUT2D eigenvalue weighted by Gasteiger charge is 2.37. The smallest absolute Gasteiger partial charge is 0.465 e. The molecule has 0 spiro atoms. The number of carbonyl (C=O) groups is 1. The summed E-state index contributed by atoms with van der Waals surface area (Å²) in [5, 5.41) is 0. The molecule has 0 aliphatic rings. The van der Waals surface area contributed by atoms with Gasteiger partial charge in [0.1, 0.15) is 5.75 Å². The van der Waals surface area contributed by atoms with Crippen LogP contribution in [-0.4, -0.2) is 19.4 Å². The number of benzene rings is 2. The van der Waals surface area contributed by atoms with E-state index in [1.54, 1.807) is 0 Å². The number of halogens is 6. The van der Waals surface area contributed by atoms with Crippen LogP contribution in [0.5, 0.6) is 5.75 Å². The molecule has 0 aromatic heterocycles. The number of hydrogen-bond acceptors (Lipinski definition) is 3. The first-order chi connectivity index (χ1) is 11.5. The summed E-state index contributed by atoms with van der Waals surface area (Å²) in [7, 11) is 0.996. The zero-order valence-corrected chi connectivity index (χ0v) is 12.5. The number of rotatable bonds is 3. The van der Waals surface area contributed by atoms with Gasteiger partial charge in [-0.15, -0.1) is 13.2 Å². The Morgan fingerprint density at radius 1 is 0.920 bits per heavy atom.